The van der Waals surface area contributed by atoms with E-state index in [-0.39, 0.29) is 6.61 Å². The van der Waals surface area contributed by atoms with Crippen molar-refractivity contribution in [1.29, 1.82) is 5.26 Å². The summed E-state index contributed by atoms with van der Waals surface area (Å²) in [4.78, 5) is 6.56. The minimum absolute atomic E-state index is 0.263. The summed E-state index contributed by atoms with van der Waals surface area (Å²) in [5.74, 6) is 0.751. The quantitative estimate of drug-likeness (QED) is 0.771. The Kier molecular flexibility index (Phi) is 5.78. The van der Waals surface area contributed by atoms with Crippen molar-refractivity contribution < 1.29 is 5.11 Å². The molecule has 1 saturated heterocycles. The smallest absolute Gasteiger partial charge is 0.142 e. The Hall–Kier alpha value is -1.64. The van der Waals surface area contributed by atoms with Crippen LogP contribution >= 0.6 is 0 Å². The van der Waals surface area contributed by atoms with E-state index in [1.807, 2.05) is 18.2 Å². The number of hydrogen-bond donors (Lipinski definition) is 2. The highest BCUT2D eigenvalue weighted by Crippen LogP contribution is 2.16. The van der Waals surface area contributed by atoms with Gasteiger partial charge in [0.25, 0.3) is 0 Å². The summed E-state index contributed by atoms with van der Waals surface area (Å²) in [7, 11) is 0. The Morgan fingerprint density at radius 3 is 3.15 bits per heavy atom. The fourth-order valence-electron chi connectivity index (χ4n) is 2.66. The molecule has 1 aromatic heterocycles. The molecule has 1 atom stereocenters. The summed E-state index contributed by atoms with van der Waals surface area (Å²) in [5.41, 5.74) is 0.436. The molecule has 1 aromatic rings. The molecule has 2 N–H and O–H groups in total. The van der Waals surface area contributed by atoms with E-state index in [1.54, 1.807) is 6.07 Å². The van der Waals surface area contributed by atoms with E-state index in [0.717, 1.165) is 38.3 Å². The highest BCUT2D eigenvalue weighted by Gasteiger charge is 2.20. The van der Waals surface area contributed by atoms with Gasteiger partial charge in [-0.2, -0.15) is 5.26 Å². The van der Waals surface area contributed by atoms with Gasteiger partial charge in [-0.25, -0.2) is 4.98 Å². The Bertz CT molecular complexity index is 457. The molecule has 0 bridgehead atoms. The van der Waals surface area contributed by atoms with Gasteiger partial charge in [-0.15, -0.1) is 0 Å². The summed E-state index contributed by atoms with van der Waals surface area (Å²) >= 11 is 0. The van der Waals surface area contributed by atoms with Crippen molar-refractivity contribution in [3.63, 3.8) is 0 Å². The molecular weight excluding hydrogens is 252 g/mol. The van der Waals surface area contributed by atoms with Crippen LogP contribution in [0.2, 0.25) is 0 Å². The van der Waals surface area contributed by atoms with E-state index in [4.69, 9.17) is 5.26 Å². The highest BCUT2D eigenvalue weighted by atomic mass is 16.3. The third-order valence-electron chi connectivity index (χ3n) is 3.75. The fourth-order valence-corrected chi connectivity index (χ4v) is 2.66. The molecule has 108 valence electrons. The molecule has 0 aliphatic carbocycles. The first-order valence-electron chi connectivity index (χ1n) is 7.29. The van der Waals surface area contributed by atoms with Crippen LogP contribution in [-0.2, 0) is 0 Å². The Balaban J connectivity index is 1.71. The monoisotopic (exact) mass is 274 g/mol. The van der Waals surface area contributed by atoms with Gasteiger partial charge in [0.15, 0.2) is 0 Å². The van der Waals surface area contributed by atoms with Gasteiger partial charge in [0.2, 0.25) is 0 Å². The number of piperidine rings is 1. The van der Waals surface area contributed by atoms with Crippen LogP contribution in [-0.4, -0.2) is 47.3 Å². The van der Waals surface area contributed by atoms with Crippen LogP contribution in [0.3, 0.4) is 0 Å². The number of nitriles is 1. The van der Waals surface area contributed by atoms with Crippen molar-refractivity contribution in [2.75, 3.05) is 31.6 Å². The molecule has 0 spiro atoms. The molecule has 0 unspecified atom stereocenters. The molecule has 1 aliphatic rings. The molecule has 1 fully saturated rings. The van der Waals surface area contributed by atoms with Crippen molar-refractivity contribution in [2.45, 2.75) is 31.7 Å². The van der Waals surface area contributed by atoms with Crippen molar-refractivity contribution >= 4 is 5.82 Å². The van der Waals surface area contributed by atoms with Crippen molar-refractivity contribution in [1.82, 2.24) is 9.88 Å². The minimum Gasteiger partial charge on any atom is -0.395 e. The molecule has 1 aliphatic heterocycles. The van der Waals surface area contributed by atoms with Crippen LogP contribution in [0.1, 0.15) is 31.4 Å². The Morgan fingerprint density at radius 2 is 2.35 bits per heavy atom. The number of aromatic nitrogens is 1. The summed E-state index contributed by atoms with van der Waals surface area (Å²) in [6.07, 6.45) is 4.57. The normalized spacial score (nSPS) is 19.5. The second-order valence-electron chi connectivity index (χ2n) is 5.17. The van der Waals surface area contributed by atoms with Crippen LogP contribution in [0.15, 0.2) is 18.2 Å². The van der Waals surface area contributed by atoms with Gasteiger partial charge in [-0.05, 0) is 37.9 Å². The van der Waals surface area contributed by atoms with Crippen LogP contribution < -0.4 is 5.32 Å². The van der Waals surface area contributed by atoms with Crippen LogP contribution in [0.25, 0.3) is 0 Å². The number of nitrogens with zero attached hydrogens (tertiary/aromatic N) is 3. The topological polar surface area (TPSA) is 72.2 Å². The number of rotatable bonds is 6. The summed E-state index contributed by atoms with van der Waals surface area (Å²) in [6.45, 7) is 3.18. The number of aliphatic hydroxyl groups is 1. The SMILES string of the molecule is N#Cc1cccc(NCCCN2CCCC[C@H]2CO)n1. The van der Waals surface area contributed by atoms with Crippen molar-refractivity contribution in [3.05, 3.63) is 23.9 Å². The van der Waals surface area contributed by atoms with Crippen LogP contribution in [0, 0.1) is 11.3 Å². The average Bonchev–Trinajstić information content (AvgIpc) is 2.52. The first-order chi connectivity index (χ1) is 9.83. The van der Waals surface area contributed by atoms with E-state index < -0.39 is 0 Å². The highest BCUT2D eigenvalue weighted by molar-refractivity contribution is 5.38. The van der Waals surface area contributed by atoms with Gasteiger partial charge in [0.1, 0.15) is 17.6 Å². The number of likely N-dealkylation sites (tertiary alicyclic amines) is 1. The molecule has 0 radical (unpaired) electrons. The van der Waals surface area contributed by atoms with Gasteiger partial charge in [0, 0.05) is 19.1 Å². The van der Waals surface area contributed by atoms with Gasteiger partial charge in [0.05, 0.1) is 6.61 Å². The maximum absolute atomic E-state index is 9.36. The average molecular weight is 274 g/mol. The van der Waals surface area contributed by atoms with Gasteiger partial charge in [-0.1, -0.05) is 12.5 Å². The molecule has 5 heteroatoms. The predicted molar refractivity (Wildman–Crippen MR) is 78.4 cm³/mol. The number of nitrogens with one attached hydrogen (secondary N) is 1. The van der Waals surface area contributed by atoms with Gasteiger partial charge < -0.3 is 10.4 Å². The lowest BCUT2D eigenvalue weighted by atomic mass is 10.0. The third kappa shape index (κ3) is 4.19. The maximum Gasteiger partial charge on any atom is 0.142 e. The third-order valence-corrected chi connectivity index (χ3v) is 3.75. The lowest BCUT2D eigenvalue weighted by molar-refractivity contribution is 0.0901. The summed E-state index contributed by atoms with van der Waals surface area (Å²) in [5, 5.41) is 21.4. The number of hydrogen-bond acceptors (Lipinski definition) is 5. The summed E-state index contributed by atoms with van der Waals surface area (Å²) < 4.78 is 0. The van der Waals surface area contributed by atoms with E-state index in [0.29, 0.717) is 11.7 Å². The minimum atomic E-state index is 0.263. The first-order valence-corrected chi connectivity index (χ1v) is 7.29. The van der Waals surface area contributed by atoms with E-state index in [1.165, 1.54) is 12.8 Å². The number of anilines is 1. The number of pyridine rings is 1. The Labute approximate surface area is 120 Å². The second kappa shape index (κ2) is 7.83. The van der Waals surface area contributed by atoms with Crippen molar-refractivity contribution in [3.8, 4) is 6.07 Å². The van der Waals surface area contributed by atoms with Gasteiger partial charge in [-0.3, -0.25) is 4.90 Å². The maximum atomic E-state index is 9.36. The molecule has 20 heavy (non-hydrogen) atoms. The first kappa shape index (κ1) is 14.8. The molecule has 0 amide bonds. The predicted octanol–water partition coefficient (Wildman–Crippen LogP) is 1.60. The molecule has 5 nitrogen and oxygen atoms in total. The molecule has 0 aromatic carbocycles. The lowest BCUT2D eigenvalue weighted by Crippen LogP contribution is -2.42. The van der Waals surface area contributed by atoms with E-state index >= 15 is 0 Å². The number of aliphatic hydroxyl groups excluding tert-OH is 1. The van der Waals surface area contributed by atoms with Gasteiger partial charge >= 0.3 is 0 Å². The van der Waals surface area contributed by atoms with Crippen molar-refractivity contribution in [2.24, 2.45) is 0 Å². The fraction of sp³-hybridized carbons (Fsp3) is 0.600. The lowest BCUT2D eigenvalue weighted by Gasteiger charge is -2.34. The van der Waals surface area contributed by atoms with Crippen LogP contribution in [0.5, 0.6) is 0 Å². The Morgan fingerprint density at radius 1 is 1.45 bits per heavy atom. The summed E-state index contributed by atoms with van der Waals surface area (Å²) in [6, 6.07) is 7.78. The molecule has 2 heterocycles. The van der Waals surface area contributed by atoms with E-state index in [2.05, 4.69) is 15.2 Å². The van der Waals surface area contributed by atoms with Crippen LogP contribution in [0.4, 0.5) is 5.82 Å². The molecular formula is C15H22N4O. The second-order valence-corrected chi connectivity index (χ2v) is 5.17. The zero-order chi connectivity index (χ0) is 14.2. The molecule has 2 rings (SSSR count). The largest absolute Gasteiger partial charge is 0.395 e. The molecule has 0 saturated carbocycles. The zero-order valence-electron chi connectivity index (χ0n) is 11.8. The standard InChI is InChI=1S/C15H22N4O/c16-11-13-5-3-7-15(18-13)17-8-4-10-19-9-2-1-6-14(19)12-20/h3,5,7,14,20H,1-2,4,6,8-10,12H2,(H,17,18)/t14-/m0/s1. The van der Waals surface area contributed by atoms with E-state index in [9.17, 15) is 5.11 Å². The zero-order valence-corrected chi connectivity index (χ0v) is 11.8.